The fraction of sp³-hybridized carbons (Fsp3) is 0.364. The molecule has 15 heavy (non-hydrogen) atoms. The molecular weight excluding hydrogens is 202 g/mol. The molecule has 0 aliphatic rings. The van der Waals surface area contributed by atoms with Crippen LogP contribution in [0.4, 0.5) is 8.78 Å². The van der Waals surface area contributed by atoms with Gasteiger partial charge in [-0.3, -0.25) is 4.79 Å². The van der Waals surface area contributed by atoms with E-state index in [-0.39, 0.29) is 18.1 Å². The SMILES string of the molecule is COC(C)CC(=O)c1cccc(F)c1F. The zero-order valence-corrected chi connectivity index (χ0v) is 8.59. The molecule has 0 aliphatic carbocycles. The maximum Gasteiger partial charge on any atom is 0.169 e. The number of hydrogen-bond donors (Lipinski definition) is 0. The summed E-state index contributed by atoms with van der Waals surface area (Å²) in [5, 5.41) is 0. The summed E-state index contributed by atoms with van der Waals surface area (Å²) < 4.78 is 30.8. The highest BCUT2D eigenvalue weighted by molar-refractivity contribution is 5.96. The first-order valence-electron chi connectivity index (χ1n) is 4.56. The molecule has 0 radical (unpaired) electrons. The van der Waals surface area contributed by atoms with Crippen molar-refractivity contribution in [3.8, 4) is 0 Å². The second kappa shape index (κ2) is 4.98. The second-order valence-electron chi connectivity index (χ2n) is 3.27. The summed E-state index contributed by atoms with van der Waals surface area (Å²) in [7, 11) is 1.46. The molecule has 2 nitrogen and oxygen atoms in total. The van der Waals surface area contributed by atoms with E-state index in [0.29, 0.717) is 0 Å². The smallest absolute Gasteiger partial charge is 0.169 e. The lowest BCUT2D eigenvalue weighted by molar-refractivity contribution is 0.0788. The number of carbonyl (C=O) groups excluding carboxylic acids is 1. The van der Waals surface area contributed by atoms with Crippen molar-refractivity contribution in [2.24, 2.45) is 0 Å². The van der Waals surface area contributed by atoms with Crippen LogP contribution in [0.3, 0.4) is 0 Å². The van der Waals surface area contributed by atoms with Crippen LogP contribution in [0.25, 0.3) is 0 Å². The minimum atomic E-state index is -1.09. The van der Waals surface area contributed by atoms with Gasteiger partial charge in [0.2, 0.25) is 0 Å². The summed E-state index contributed by atoms with van der Waals surface area (Å²) in [4.78, 5) is 11.5. The van der Waals surface area contributed by atoms with E-state index >= 15 is 0 Å². The summed E-state index contributed by atoms with van der Waals surface area (Å²) in [6.45, 7) is 1.69. The first-order valence-corrected chi connectivity index (χ1v) is 4.56. The molecule has 1 rings (SSSR count). The normalized spacial score (nSPS) is 12.5. The Morgan fingerprint density at radius 3 is 2.73 bits per heavy atom. The largest absolute Gasteiger partial charge is 0.381 e. The van der Waals surface area contributed by atoms with Gasteiger partial charge in [-0.15, -0.1) is 0 Å². The molecule has 0 spiro atoms. The Morgan fingerprint density at radius 2 is 2.13 bits per heavy atom. The van der Waals surface area contributed by atoms with Crippen molar-refractivity contribution < 1.29 is 18.3 Å². The van der Waals surface area contributed by atoms with Crippen LogP contribution in [-0.4, -0.2) is 19.0 Å². The predicted molar refractivity (Wildman–Crippen MR) is 51.8 cm³/mol. The van der Waals surface area contributed by atoms with E-state index in [4.69, 9.17) is 4.74 Å². The van der Waals surface area contributed by atoms with Crippen LogP contribution in [0, 0.1) is 11.6 Å². The Morgan fingerprint density at radius 1 is 1.47 bits per heavy atom. The Labute approximate surface area is 86.9 Å². The zero-order valence-electron chi connectivity index (χ0n) is 8.59. The van der Waals surface area contributed by atoms with Crippen LogP contribution in [0.15, 0.2) is 18.2 Å². The number of hydrogen-bond acceptors (Lipinski definition) is 2. The van der Waals surface area contributed by atoms with Gasteiger partial charge in [-0.1, -0.05) is 6.07 Å². The summed E-state index contributed by atoms with van der Waals surface area (Å²) in [5.41, 5.74) is -0.223. The van der Waals surface area contributed by atoms with Gasteiger partial charge in [-0.05, 0) is 19.1 Å². The summed E-state index contributed by atoms with van der Waals surface area (Å²) in [6.07, 6.45) is -0.267. The van der Waals surface area contributed by atoms with Gasteiger partial charge in [0.25, 0.3) is 0 Å². The monoisotopic (exact) mass is 214 g/mol. The number of rotatable bonds is 4. The van der Waals surface area contributed by atoms with E-state index in [1.54, 1.807) is 6.92 Å². The highest BCUT2D eigenvalue weighted by Gasteiger charge is 2.16. The van der Waals surface area contributed by atoms with E-state index in [1.165, 1.54) is 19.2 Å². The van der Waals surface area contributed by atoms with Gasteiger partial charge in [0.1, 0.15) is 0 Å². The molecule has 0 saturated carbocycles. The van der Waals surface area contributed by atoms with E-state index in [0.717, 1.165) is 6.07 Å². The molecule has 1 unspecified atom stereocenters. The Hall–Kier alpha value is -1.29. The first-order chi connectivity index (χ1) is 7.06. The predicted octanol–water partition coefficient (Wildman–Crippen LogP) is 2.57. The van der Waals surface area contributed by atoms with Crippen molar-refractivity contribution in [1.82, 2.24) is 0 Å². The van der Waals surface area contributed by atoms with Crippen molar-refractivity contribution in [3.05, 3.63) is 35.4 Å². The number of benzene rings is 1. The molecule has 1 aromatic rings. The average molecular weight is 214 g/mol. The van der Waals surface area contributed by atoms with Gasteiger partial charge in [0, 0.05) is 13.5 Å². The molecule has 0 N–H and O–H groups in total. The molecular formula is C11H12F2O2. The van der Waals surface area contributed by atoms with Gasteiger partial charge >= 0.3 is 0 Å². The maximum absolute atomic E-state index is 13.2. The minimum Gasteiger partial charge on any atom is -0.381 e. The molecule has 0 aromatic heterocycles. The number of methoxy groups -OCH3 is 1. The number of halogens is 2. The minimum absolute atomic E-state index is 0.0386. The third kappa shape index (κ3) is 2.83. The third-order valence-corrected chi connectivity index (χ3v) is 2.13. The molecule has 82 valence electrons. The van der Waals surface area contributed by atoms with Crippen molar-refractivity contribution in [1.29, 1.82) is 0 Å². The van der Waals surface area contributed by atoms with E-state index < -0.39 is 17.4 Å². The lowest BCUT2D eigenvalue weighted by Gasteiger charge is -2.08. The van der Waals surface area contributed by atoms with Gasteiger partial charge < -0.3 is 4.74 Å². The standard InChI is InChI=1S/C11H12F2O2/c1-7(15-2)6-10(14)8-4-3-5-9(12)11(8)13/h3-5,7H,6H2,1-2H3. The van der Waals surface area contributed by atoms with E-state index in [1.807, 2.05) is 0 Å². The highest BCUT2D eigenvalue weighted by atomic mass is 19.2. The number of Topliss-reactive ketones (excluding diaryl/α,β-unsaturated/α-hetero) is 1. The van der Waals surface area contributed by atoms with E-state index in [2.05, 4.69) is 0 Å². The van der Waals surface area contributed by atoms with Crippen LogP contribution in [0.5, 0.6) is 0 Å². The summed E-state index contributed by atoms with van der Waals surface area (Å²) in [5.74, 6) is -2.56. The lowest BCUT2D eigenvalue weighted by atomic mass is 10.1. The van der Waals surface area contributed by atoms with Gasteiger partial charge in [0.15, 0.2) is 17.4 Å². The Balaban J connectivity index is 2.87. The van der Waals surface area contributed by atoms with Crippen molar-refractivity contribution >= 4 is 5.78 Å². The van der Waals surface area contributed by atoms with Crippen molar-refractivity contribution in [2.45, 2.75) is 19.4 Å². The Bertz CT molecular complexity index is 364. The second-order valence-corrected chi connectivity index (χ2v) is 3.27. The topological polar surface area (TPSA) is 26.3 Å². The lowest BCUT2D eigenvalue weighted by Crippen LogP contribution is -2.14. The molecule has 0 aliphatic heterocycles. The van der Waals surface area contributed by atoms with Gasteiger partial charge in [-0.2, -0.15) is 0 Å². The van der Waals surface area contributed by atoms with Gasteiger partial charge in [-0.25, -0.2) is 8.78 Å². The van der Waals surface area contributed by atoms with Crippen LogP contribution >= 0.6 is 0 Å². The summed E-state index contributed by atoms with van der Waals surface area (Å²) in [6, 6.07) is 3.55. The maximum atomic E-state index is 13.2. The molecule has 0 fully saturated rings. The summed E-state index contributed by atoms with van der Waals surface area (Å²) >= 11 is 0. The molecule has 0 amide bonds. The quantitative estimate of drug-likeness (QED) is 0.720. The molecule has 4 heteroatoms. The molecule has 1 aromatic carbocycles. The van der Waals surface area contributed by atoms with Crippen molar-refractivity contribution in [2.75, 3.05) is 7.11 Å². The zero-order chi connectivity index (χ0) is 11.4. The van der Waals surface area contributed by atoms with Gasteiger partial charge in [0.05, 0.1) is 11.7 Å². The first kappa shape index (κ1) is 11.8. The van der Waals surface area contributed by atoms with Crippen LogP contribution in [-0.2, 0) is 4.74 Å². The fourth-order valence-corrected chi connectivity index (χ4v) is 1.17. The van der Waals surface area contributed by atoms with E-state index in [9.17, 15) is 13.6 Å². The number of ketones is 1. The highest BCUT2D eigenvalue weighted by Crippen LogP contribution is 2.14. The van der Waals surface area contributed by atoms with Crippen LogP contribution in [0.1, 0.15) is 23.7 Å². The van der Waals surface area contributed by atoms with Crippen molar-refractivity contribution in [3.63, 3.8) is 0 Å². The number of carbonyl (C=O) groups is 1. The Kier molecular flexibility index (Phi) is 3.91. The molecule has 1 atom stereocenters. The van der Waals surface area contributed by atoms with Crippen LogP contribution < -0.4 is 0 Å². The molecule has 0 saturated heterocycles. The number of ether oxygens (including phenoxy) is 1. The molecule has 0 bridgehead atoms. The third-order valence-electron chi connectivity index (χ3n) is 2.13. The average Bonchev–Trinajstić information content (AvgIpc) is 2.21. The van der Waals surface area contributed by atoms with Crippen LogP contribution in [0.2, 0.25) is 0 Å². The molecule has 0 heterocycles. The fourth-order valence-electron chi connectivity index (χ4n) is 1.17.